The summed E-state index contributed by atoms with van der Waals surface area (Å²) in [7, 11) is -0.951. The van der Waals surface area contributed by atoms with Crippen molar-refractivity contribution in [2.75, 3.05) is 27.3 Å². The number of hydrogen-bond donors (Lipinski definition) is 2. The zero-order valence-electron chi connectivity index (χ0n) is 11.0. The van der Waals surface area contributed by atoms with Crippen LogP contribution >= 0.6 is 0 Å². The lowest BCUT2D eigenvalue weighted by molar-refractivity contribution is -0.140. The molecule has 18 heavy (non-hydrogen) atoms. The van der Waals surface area contributed by atoms with Crippen molar-refractivity contribution in [3.8, 4) is 0 Å². The van der Waals surface area contributed by atoms with Gasteiger partial charge in [-0.1, -0.05) is 0 Å². The van der Waals surface area contributed by atoms with Crippen LogP contribution < -0.4 is 4.72 Å². The molecule has 2 N–H and O–H groups in total. The first kappa shape index (κ1) is 17.3. The molecule has 0 aromatic carbocycles. The van der Waals surface area contributed by atoms with Gasteiger partial charge in [-0.15, -0.1) is 0 Å². The third-order valence-electron chi connectivity index (χ3n) is 2.41. The molecule has 0 amide bonds. The lowest BCUT2D eigenvalue weighted by atomic mass is 10.2. The van der Waals surface area contributed by atoms with E-state index < -0.39 is 16.2 Å². The maximum absolute atomic E-state index is 11.8. The Morgan fingerprint density at radius 3 is 2.61 bits per heavy atom. The summed E-state index contributed by atoms with van der Waals surface area (Å²) in [5.41, 5.74) is 0. The normalized spacial score (nSPS) is 13.6. The molecule has 0 heterocycles. The highest BCUT2D eigenvalue weighted by atomic mass is 32.2. The van der Waals surface area contributed by atoms with E-state index in [9.17, 15) is 13.2 Å². The molecule has 0 aromatic rings. The lowest BCUT2D eigenvalue weighted by Crippen LogP contribution is -2.43. The smallest absolute Gasteiger partial charge is 0.306 e. The van der Waals surface area contributed by atoms with Gasteiger partial charge in [-0.3, -0.25) is 4.79 Å². The third-order valence-corrected chi connectivity index (χ3v) is 4.12. The zero-order chi connectivity index (χ0) is 14.2. The number of esters is 1. The molecule has 108 valence electrons. The zero-order valence-corrected chi connectivity index (χ0v) is 11.9. The summed E-state index contributed by atoms with van der Waals surface area (Å²) in [6.45, 7) is 1.82. The number of carbonyl (C=O) groups is 1. The predicted octanol–water partition coefficient (Wildman–Crippen LogP) is -0.523. The molecule has 7 nitrogen and oxygen atoms in total. The Hall–Kier alpha value is -0.700. The van der Waals surface area contributed by atoms with Gasteiger partial charge in [0.1, 0.15) is 0 Å². The fourth-order valence-corrected chi connectivity index (χ4v) is 2.41. The Labute approximate surface area is 108 Å². The highest BCUT2D eigenvalue weighted by molar-refractivity contribution is 7.87. The number of aliphatic hydroxyl groups excluding tert-OH is 1. The Balaban J connectivity index is 4.22. The van der Waals surface area contributed by atoms with Gasteiger partial charge in [0, 0.05) is 26.2 Å². The van der Waals surface area contributed by atoms with Crippen LogP contribution in [0.2, 0.25) is 0 Å². The van der Waals surface area contributed by atoms with E-state index in [1.54, 1.807) is 6.92 Å². The predicted molar refractivity (Wildman–Crippen MR) is 67.1 cm³/mol. The van der Waals surface area contributed by atoms with Crippen molar-refractivity contribution in [3.05, 3.63) is 0 Å². The van der Waals surface area contributed by atoms with E-state index in [4.69, 9.17) is 5.11 Å². The molecule has 8 heteroatoms. The highest BCUT2D eigenvalue weighted by Gasteiger charge is 2.20. The van der Waals surface area contributed by atoms with Crippen molar-refractivity contribution in [3.63, 3.8) is 0 Å². The summed E-state index contributed by atoms with van der Waals surface area (Å²) in [4.78, 5) is 10.9. The Morgan fingerprint density at radius 1 is 1.50 bits per heavy atom. The Bertz CT molecular complexity index is 344. The molecule has 0 radical (unpaired) electrons. The number of nitrogens with one attached hydrogen (secondary N) is 1. The van der Waals surface area contributed by atoms with Crippen LogP contribution in [0.5, 0.6) is 0 Å². The average molecular weight is 282 g/mol. The Kier molecular flexibility index (Phi) is 8.08. The van der Waals surface area contributed by atoms with Crippen molar-refractivity contribution in [1.29, 1.82) is 0 Å². The molecule has 0 aliphatic rings. The van der Waals surface area contributed by atoms with Gasteiger partial charge in [-0.05, 0) is 19.8 Å². The molecule has 0 fully saturated rings. The maximum atomic E-state index is 11.8. The van der Waals surface area contributed by atoms with Gasteiger partial charge in [-0.2, -0.15) is 17.4 Å². The van der Waals surface area contributed by atoms with Crippen molar-refractivity contribution >= 4 is 16.2 Å². The van der Waals surface area contributed by atoms with E-state index in [1.807, 2.05) is 0 Å². The first-order valence-corrected chi connectivity index (χ1v) is 7.18. The lowest BCUT2D eigenvalue weighted by Gasteiger charge is -2.20. The molecule has 0 aliphatic heterocycles. The second-order valence-electron chi connectivity index (χ2n) is 4.04. The van der Waals surface area contributed by atoms with Gasteiger partial charge >= 0.3 is 5.97 Å². The number of methoxy groups -OCH3 is 1. The van der Waals surface area contributed by atoms with Crippen molar-refractivity contribution in [2.24, 2.45) is 0 Å². The van der Waals surface area contributed by atoms with Crippen LogP contribution in [0, 0.1) is 0 Å². The average Bonchev–Trinajstić information content (AvgIpc) is 2.32. The van der Waals surface area contributed by atoms with E-state index in [1.165, 1.54) is 14.2 Å². The molecule has 0 saturated carbocycles. The SMILES string of the molecule is COC(=O)CCN(C)S(=O)(=O)NC(C)CCCO. The van der Waals surface area contributed by atoms with E-state index in [0.29, 0.717) is 12.8 Å². The van der Waals surface area contributed by atoms with Crippen molar-refractivity contribution in [2.45, 2.75) is 32.2 Å². The summed E-state index contributed by atoms with van der Waals surface area (Å²) >= 11 is 0. The van der Waals surface area contributed by atoms with Crippen molar-refractivity contribution < 1.29 is 23.1 Å². The molecule has 0 spiro atoms. The first-order chi connectivity index (χ1) is 8.33. The van der Waals surface area contributed by atoms with Gasteiger partial charge in [0.15, 0.2) is 0 Å². The summed E-state index contributed by atoms with van der Waals surface area (Å²) in [5, 5.41) is 8.66. The minimum atomic E-state index is -3.60. The minimum absolute atomic E-state index is 0.0128. The number of rotatable bonds is 9. The van der Waals surface area contributed by atoms with Gasteiger partial charge < -0.3 is 9.84 Å². The van der Waals surface area contributed by atoms with Crippen LogP contribution in [0.15, 0.2) is 0 Å². The number of nitrogens with zero attached hydrogens (tertiary/aromatic N) is 1. The van der Waals surface area contributed by atoms with Crippen LogP contribution in [-0.2, 0) is 19.7 Å². The van der Waals surface area contributed by atoms with Gasteiger partial charge in [0.25, 0.3) is 10.2 Å². The fraction of sp³-hybridized carbons (Fsp3) is 0.900. The van der Waals surface area contributed by atoms with Crippen LogP contribution in [0.25, 0.3) is 0 Å². The third kappa shape index (κ3) is 6.90. The van der Waals surface area contributed by atoms with E-state index in [0.717, 1.165) is 4.31 Å². The van der Waals surface area contributed by atoms with E-state index >= 15 is 0 Å². The van der Waals surface area contributed by atoms with Gasteiger partial charge in [0.2, 0.25) is 0 Å². The molecular weight excluding hydrogens is 260 g/mol. The number of aliphatic hydroxyl groups is 1. The number of carbonyl (C=O) groups excluding carboxylic acids is 1. The molecule has 0 rings (SSSR count). The standard InChI is InChI=1S/C10H22N2O5S/c1-9(5-4-8-13)11-18(15,16)12(2)7-6-10(14)17-3/h9,11,13H,4-8H2,1-3H3. The molecule has 0 aliphatic carbocycles. The summed E-state index contributed by atoms with van der Waals surface area (Å²) in [6.07, 6.45) is 1.11. The maximum Gasteiger partial charge on any atom is 0.306 e. The van der Waals surface area contributed by atoms with Crippen molar-refractivity contribution in [1.82, 2.24) is 9.03 Å². The monoisotopic (exact) mass is 282 g/mol. The first-order valence-electron chi connectivity index (χ1n) is 5.74. The van der Waals surface area contributed by atoms with Crippen LogP contribution in [0.1, 0.15) is 26.2 Å². The highest BCUT2D eigenvalue weighted by Crippen LogP contribution is 2.02. The summed E-state index contributed by atoms with van der Waals surface area (Å²) < 4.78 is 31.6. The Morgan fingerprint density at radius 2 is 2.11 bits per heavy atom. The molecular formula is C10H22N2O5S. The van der Waals surface area contributed by atoms with Gasteiger partial charge in [0.05, 0.1) is 13.5 Å². The van der Waals surface area contributed by atoms with Crippen LogP contribution in [0.4, 0.5) is 0 Å². The van der Waals surface area contributed by atoms with Crippen LogP contribution in [-0.4, -0.2) is 57.1 Å². The largest absolute Gasteiger partial charge is 0.469 e. The molecule has 0 aromatic heterocycles. The fourth-order valence-electron chi connectivity index (χ4n) is 1.27. The van der Waals surface area contributed by atoms with E-state index in [2.05, 4.69) is 9.46 Å². The number of hydrogen-bond acceptors (Lipinski definition) is 5. The number of ether oxygens (including phenoxy) is 1. The van der Waals surface area contributed by atoms with Crippen LogP contribution in [0.3, 0.4) is 0 Å². The minimum Gasteiger partial charge on any atom is -0.469 e. The molecule has 0 bridgehead atoms. The van der Waals surface area contributed by atoms with Gasteiger partial charge in [-0.25, -0.2) is 0 Å². The molecule has 0 saturated heterocycles. The molecule has 1 atom stereocenters. The second kappa shape index (κ2) is 8.41. The molecule has 1 unspecified atom stereocenters. The quantitative estimate of drug-likeness (QED) is 0.555. The topological polar surface area (TPSA) is 95.9 Å². The van der Waals surface area contributed by atoms with E-state index in [-0.39, 0.29) is 25.6 Å². The summed E-state index contributed by atoms with van der Waals surface area (Å²) in [6, 6.07) is -0.261. The second-order valence-corrected chi connectivity index (χ2v) is 5.85. The summed E-state index contributed by atoms with van der Waals surface area (Å²) in [5.74, 6) is -0.453.